The third-order valence-corrected chi connectivity index (χ3v) is 4.36. The first-order chi connectivity index (χ1) is 8.43. The summed E-state index contributed by atoms with van der Waals surface area (Å²) in [5.41, 5.74) is 5.72. The number of carbonyl (C=O) groups excluding carboxylic acids is 1. The highest BCUT2D eigenvalue weighted by molar-refractivity contribution is 5.79. The molecule has 106 valence electrons. The summed E-state index contributed by atoms with van der Waals surface area (Å²) in [5.74, 6) is 2.18. The maximum atomic E-state index is 12.2. The van der Waals surface area contributed by atoms with E-state index in [2.05, 4.69) is 33.0 Å². The monoisotopic (exact) mass is 254 g/mol. The van der Waals surface area contributed by atoms with Gasteiger partial charge in [-0.3, -0.25) is 4.79 Å². The molecule has 1 aliphatic carbocycles. The smallest absolute Gasteiger partial charge is 0.224 e. The van der Waals surface area contributed by atoms with E-state index in [1.807, 2.05) is 0 Å². The standard InChI is InChI=1S/C15H30N2O/c1-10(2)7-13(9-16)15(18)17-14-6-5-11(3)12(4)8-14/h10-14H,5-9,16H2,1-4H3,(H,17,18). The lowest BCUT2D eigenvalue weighted by atomic mass is 9.79. The van der Waals surface area contributed by atoms with Gasteiger partial charge in [0.25, 0.3) is 0 Å². The zero-order valence-corrected chi connectivity index (χ0v) is 12.4. The molecular formula is C15H30N2O. The molecule has 0 saturated heterocycles. The molecular weight excluding hydrogens is 224 g/mol. The molecule has 0 bridgehead atoms. The minimum absolute atomic E-state index is 0.0142. The Hall–Kier alpha value is -0.570. The summed E-state index contributed by atoms with van der Waals surface area (Å²) in [4.78, 5) is 12.2. The number of nitrogens with two attached hydrogens (primary N) is 1. The van der Waals surface area contributed by atoms with Crippen molar-refractivity contribution in [2.24, 2.45) is 29.4 Å². The highest BCUT2D eigenvalue weighted by atomic mass is 16.1. The zero-order valence-electron chi connectivity index (χ0n) is 12.4. The van der Waals surface area contributed by atoms with Gasteiger partial charge in [-0.05, 0) is 43.4 Å². The molecule has 4 unspecified atom stereocenters. The molecule has 0 aromatic heterocycles. The number of carbonyl (C=O) groups is 1. The van der Waals surface area contributed by atoms with Gasteiger partial charge in [0.15, 0.2) is 0 Å². The number of hydrogen-bond donors (Lipinski definition) is 2. The highest BCUT2D eigenvalue weighted by Crippen LogP contribution is 2.29. The van der Waals surface area contributed by atoms with Crippen molar-refractivity contribution in [3.05, 3.63) is 0 Å². The van der Waals surface area contributed by atoms with Gasteiger partial charge in [-0.2, -0.15) is 0 Å². The average molecular weight is 254 g/mol. The van der Waals surface area contributed by atoms with Gasteiger partial charge in [0.05, 0.1) is 5.92 Å². The highest BCUT2D eigenvalue weighted by Gasteiger charge is 2.27. The molecule has 1 fully saturated rings. The predicted molar refractivity (Wildman–Crippen MR) is 76.1 cm³/mol. The molecule has 0 radical (unpaired) electrons. The summed E-state index contributed by atoms with van der Waals surface area (Å²) in [7, 11) is 0. The Labute approximate surface area is 112 Å². The fraction of sp³-hybridized carbons (Fsp3) is 0.933. The molecule has 3 nitrogen and oxygen atoms in total. The quantitative estimate of drug-likeness (QED) is 0.792. The van der Waals surface area contributed by atoms with Gasteiger partial charge >= 0.3 is 0 Å². The molecule has 0 spiro atoms. The van der Waals surface area contributed by atoms with Gasteiger partial charge < -0.3 is 11.1 Å². The largest absolute Gasteiger partial charge is 0.353 e. The lowest BCUT2D eigenvalue weighted by Gasteiger charge is -2.33. The van der Waals surface area contributed by atoms with E-state index >= 15 is 0 Å². The van der Waals surface area contributed by atoms with Crippen LogP contribution in [0, 0.1) is 23.7 Å². The average Bonchev–Trinajstić information content (AvgIpc) is 2.30. The lowest BCUT2D eigenvalue weighted by molar-refractivity contribution is -0.126. The maximum absolute atomic E-state index is 12.2. The van der Waals surface area contributed by atoms with Crippen molar-refractivity contribution in [3.8, 4) is 0 Å². The molecule has 1 saturated carbocycles. The Morgan fingerprint density at radius 3 is 2.44 bits per heavy atom. The van der Waals surface area contributed by atoms with Gasteiger partial charge in [-0.25, -0.2) is 0 Å². The van der Waals surface area contributed by atoms with Crippen molar-refractivity contribution in [3.63, 3.8) is 0 Å². The van der Waals surface area contributed by atoms with Crippen molar-refractivity contribution >= 4 is 5.91 Å². The fourth-order valence-electron chi connectivity index (χ4n) is 2.88. The summed E-state index contributed by atoms with van der Waals surface area (Å²) in [6.45, 7) is 9.34. The minimum atomic E-state index is -0.0142. The van der Waals surface area contributed by atoms with Crippen LogP contribution in [0.1, 0.15) is 53.4 Å². The summed E-state index contributed by atoms with van der Waals surface area (Å²) < 4.78 is 0. The Bertz CT molecular complexity index is 265. The van der Waals surface area contributed by atoms with Crippen LogP contribution >= 0.6 is 0 Å². The second-order valence-corrected chi connectivity index (χ2v) is 6.54. The first-order valence-electron chi connectivity index (χ1n) is 7.44. The molecule has 18 heavy (non-hydrogen) atoms. The molecule has 4 atom stereocenters. The number of amides is 1. The van der Waals surface area contributed by atoms with E-state index in [0.29, 0.717) is 24.4 Å². The Morgan fingerprint density at radius 1 is 1.28 bits per heavy atom. The van der Waals surface area contributed by atoms with E-state index < -0.39 is 0 Å². The Balaban J connectivity index is 2.43. The summed E-state index contributed by atoms with van der Waals surface area (Å²) in [6.07, 6.45) is 4.35. The number of rotatable bonds is 5. The molecule has 0 aromatic carbocycles. The van der Waals surface area contributed by atoms with Crippen molar-refractivity contribution in [1.82, 2.24) is 5.32 Å². The van der Waals surface area contributed by atoms with E-state index in [0.717, 1.165) is 25.2 Å². The Morgan fingerprint density at radius 2 is 1.94 bits per heavy atom. The fourth-order valence-corrected chi connectivity index (χ4v) is 2.88. The van der Waals surface area contributed by atoms with E-state index in [-0.39, 0.29) is 11.8 Å². The maximum Gasteiger partial charge on any atom is 0.224 e. The molecule has 0 aliphatic heterocycles. The molecule has 3 heteroatoms. The van der Waals surface area contributed by atoms with Crippen molar-refractivity contribution in [2.45, 2.75) is 59.4 Å². The third-order valence-electron chi connectivity index (χ3n) is 4.36. The predicted octanol–water partition coefficient (Wildman–Crippen LogP) is 2.55. The van der Waals surface area contributed by atoms with Crippen molar-refractivity contribution in [2.75, 3.05) is 6.54 Å². The van der Waals surface area contributed by atoms with Gasteiger partial charge in [0, 0.05) is 12.6 Å². The second kappa shape index (κ2) is 7.13. The zero-order chi connectivity index (χ0) is 13.7. The number of nitrogens with one attached hydrogen (secondary N) is 1. The molecule has 0 heterocycles. The normalized spacial score (nSPS) is 30.2. The van der Waals surface area contributed by atoms with Crippen LogP contribution < -0.4 is 11.1 Å². The van der Waals surface area contributed by atoms with Crippen LogP contribution in [0.15, 0.2) is 0 Å². The topological polar surface area (TPSA) is 55.1 Å². The van der Waals surface area contributed by atoms with E-state index in [1.54, 1.807) is 0 Å². The lowest BCUT2D eigenvalue weighted by Crippen LogP contribution is -2.44. The van der Waals surface area contributed by atoms with Crippen LogP contribution in [-0.4, -0.2) is 18.5 Å². The molecule has 1 amide bonds. The molecule has 1 rings (SSSR count). The first-order valence-corrected chi connectivity index (χ1v) is 7.44. The van der Waals surface area contributed by atoms with Gasteiger partial charge in [-0.1, -0.05) is 27.7 Å². The van der Waals surface area contributed by atoms with Gasteiger partial charge in [0.1, 0.15) is 0 Å². The summed E-state index contributed by atoms with van der Waals surface area (Å²) in [6, 6.07) is 0.366. The van der Waals surface area contributed by atoms with Crippen LogP contribution in [0.2, 0.25) is 0 Å². The third kappa shape index (κ3) is 4.60. The number of hydrogen-bond acceptors (Lipinski definition) is 2. The van der Waals surface area contributed by atoms with Crippen LogP contribution in [-0.2, 0) is 4.79 Å². The SMILES string of the molecule is CC(C)CC(CN)C(=O)NC1CCC(C)C(C)C1. The minimum Gasteiger partial charge on any atom is -0.353 e. The molecule has 0 aromatic rings. The second-order valence-electron chi connectivity index (χ2n) is 6.54. The van der Waals surface area contributed by atoms with E-state index in [4.69, 9.17) is 5.73 Å². The van der Waals surface area contributed by atoms with Crippen LogP contribution in [0.4, 0.5) is 0 Å². The van der Waals surface area contributed by atoms with Crippen LogP contribution in [0.25, 0.3) is 0 Å². The van der Waals surface area contributed by atoms with Crippen LogP contribution in [0.3, 0.4) is 0 Å². The molecule has 3 N–H and O–H groups in total. The van der Waals surface area contributed by atoms with Gasteiger partial charge in [-0.15, -0.1) is 0 Å². The van der Waals surface area contributed by atoms with Crippen molar-refractivity contribution < 1.29 is 4.79 Å². The summed E-state index contributed by atoms with van der Waals surface area (Å²) in [5, 5.41) is 3.21. The first kappa shape index (κ1) is 15.5. The van der Waals surface area contributed by atoms with Crippen LogP contribution in [0.5, 0.6) is 0 Å². The van der Waals surface area contributed by atoms with Crippen molar-refractivity contribution in [1.29, 1.82) is 0 Å². The summed E-state index contributed by atoms with van der Waals surface area (Å²) >= 11 is 0. The van der Waals surface area contributed by atoms with E-state index in [9.17, 15) is 4.79 Å². The Kier molecular flexibility index (Phi) is 6.13. The van der Waals surface area contributed by atoms with E-state index in [1.165, 1.54) is 6.42 Å². The van der Waals surface area contributed by atoms with Gasteiger partial charge in [0.2, 0.25) is 5.91 Å². The molecule has 1 aliphatic rings.